The van der Waals surface area contributed by atoms with E-state index in [1.165, 1.54) is 0 Å². The summed E-state index contributed by atoms with van der Waals surface area (Å²) in [4.78, 5) is 32.6. The minimum absolute atomic E-state index is 0.000665. The van der Waals surface area contributed by atoms with E-state index < -0.39 is 23.1 Å². The summed E-state index contributed by atoms with van der Waals surface area (Å²) in [5.74, 6) is -0.192. The van der Waals surface area contributed by atoms with Gasteiger partial charge in [-0.3, -0.25) is 9.80 Å². The molecule has 4 saturated heterocycles. The molecule has 0 N–H and O–H groups in total. The van der Waals surface area contributed by atoms with Crippen LogP contribution in [0.3, 0.4) is 0 Å². The number of amides is 1. The first kappa shape index (κ1) is 26.2. The molecule has 4 fully saturated rings. The number of aromatic nitrogens is 3. The molecular weight excluding hydrogens is 546 g/mol. The van der Waals surface area contributed by atoms with Crippen LogP contribution in [0.1, 0.15) is 52.9 Å². The smallest absolute Gasteiger partial charge is 0.410 e. The van der Waals surface area contributed by atoms with Crippen molar-refractivity contribution in [2.75, 3.05) is 37.7 Å². The zero-order chi connectivity index (χ0) is 28.0. The molecule has 0 aromatic carbocycles. The number of ether oxygens (including phenoxy) is 3. The summed E-state index contributed by atoms with van der Waals surface area (Å²) in [6, 6.07) is -0.577. The molecule has 1 amide bonds. The van der Waals surface area contributed by atoms with Crippen molar-refractivity contribution >= 4 is 34.4 Å². The fraction of sp³-hybridized carbons (Fsp3) is 0.704. The van der Waals surface area contributed by atoms with Gasteiger partial charge in [0.1, 0.15) is 41.7 Å². The average Bonchev–Trinajstić information content (AvgIpc) is 3.48. The Morgan fingerprint density at radius 2 is 2.02 bits per heavy atom. The fourth-order valence-corrected chi connectivity index (χ4v) is 7.51. The number of hydrogen-bond donors (Lipinski definition) is 0. The zero-order valence-corrected chi connectivity index (χ0v) is 23.6. The number of pyridine rings is 1. The van der Waals surface area contributed by atoms with Crippen LogP contribution in [0.25, 0.3) is 10.9 Å². The minimum atomic E-state index is -0.898. The van der Waals surface area contributed by atoms with Gasteiger partial charge in [-0.25, -0.2) is 13.6 Å². The second kappa shape index (κ2) is 9.14. The topological polar surface area (TPSA) is 93.1 Å². The predicted octanol–water partition coefficient (Wildman–Crippen LogP) is 4.12. The van der Waals surface area contributed by atoms with Gasteiger partial charge in [0.2, 0.25) is 5.88 Å². The van der Waals surface area contributed by atoms with Gasteiger partial charge in [-0.15, -0.1) is 0 Å². The zero-order valence-electron chi connectivity index (χ0n) is 22.8. The van der Waals surface area contributed by atoms with Gasteiger partial charge in [-0.1, -0.05) is 11.6 Å². The number of alkyl halides is 1. The maximum absolute atomic E-state index is 15.4. The highest BCUT2D eigenvalue weighted by atomic mass is 35.5. The third-order valence-corrected chi connectivity index (χ3v) is 9.22. The summed E-state index contributed by atoms with van der Waals surface area (Å²) in [5, 5.41) is -0.0290. The molecule has 2 aromatic rings. The number of halogens is 3. The molecule has 2 aromatic heterocycles. The van der Waals surface area contributed by atoms with Gasteiger partial charge in [0, 0.05) is 19.5 Å². The van der Waals surface area contributed by atoms with Gasteiger partial charge in [0.15, 0.2) is 11.0 Å². The molecule has 13 heteroatoms. The van der Waals surface area contributed by atoms with Gasteiger partial charge in [-0.2, -0.15) is 15.0 Å². The van der Waals surface area contributed by atoms with E-state index in [2.05, 4.69) is 19.8 Å². The van der Waals surface area contributed by atoms with Crippen LogP contribution in [0.2, 0.25) is 5.15 Å². The van der Waals surface area contributed by atoms with E-state index in [9.17, 15) is 9.18 Å². The molecule has 5 aliphatic rings. The van der Waals surface area contributed by atoms with Crippen LogP contribution in [0.5, 0.6) is 11.9 Å². The molecule has 0 saturated carbocycles. The van der Waals surface area contributed by atoms with Crippen LogP contribution in [-0.4, -0.2) is 99.1 Å². The Labute approximate surface area is 235 Å². The fourth-order valence-electron chi connectivity index (χ4n) is 7.35. The molecule has 216 valence electrons. The lowest BCUT2D eigenvalue weighted by atomic mass is 9.95. The lowest BCUT2D eigenvalue weighted by molar-refractivity contribution is 0.00538. The number of carbonyl (C=O) groups is 1. The van der Waals surface area contributed by atoms with E-state index in [4.69, 9.17) is 30.8 Å². The number of hydrogen-bond acceptors (Lipinski definition) is 9. The molecule has 5 aliphatic heterocycles. The van der Waals surface area contributed by atoms with Crippen LogP contribution >= 0.6 is 11.6 Å². The Kier molecular flexibility index (Phi) is 5.98. The van der Waals surface area contributed by atoms with Crippen molar-refractivity contribution in [3.63, 3.8) is 0 Å². The summed E-state index contributed by atoms with van der Waals surface area (Å²) in [5.41, 5.74) is -1.06. The number of anilines is 1. The average molecular weight is 579 g/mol. The second-order valence-electron chi connectivity index (χ2n) is 12.7. The first-order valence-corrected chi connectivity index (χ1v) is 14.4. The molecule has 10 nitrogen and oxygen atoms in total. The molecule has 0 aliphatic carbocycles. The third kappa shape index (κ3) is 4.12. The van der Waals surface area contributed by atoms with Crippen molar-refractivity contribution in [1.82, 2.24) is 24.8 Å². The van der Waals surface area contributed by atoms with E-state index in [0.29, 0.717) is 30.7 Å². The summed E-state index contributed by atoms with van der Waals surface area (Å²) in [7, 11) is 0. The maximum Gasteiger partial charge on any atom is 0.410 e. The van der Waals surface area contributed by atoms with Crippen LogP contribution < -0.4 is 14.4 Å². The SMILES string of the molecule is CC(C)(C)OC(=O)N1[C@H]2CC[C@@H]1[C@@H]1COc3nc(Cl)c(F)c4nc(OC[C@@]56CCCN5C[C@H](F)C6)nc(c34)N1C2. The van der Waals surface area contributed by atoms with E-state index >= 15 is 4.39 Å². The second-order valence-corrected chi connectivity index (χ2v) is 13.0. The highest BCUT2D eigenvalue weighted by Gasteiger charge is 2.52. The van der Waals surface area contributed by atoms with Crippen molar-refractivity contribution in [1.29, 1.82) is 0 Å². The molecule has 7 rings (SSSR count). The number of carbonyl (C=O) groups excluding carboxylic acids is 1. The van der Waals surface area contributed by atoms with E-state index in [1.807, 2.05) is 25.7 Å². The van der Waals surface area contributed by atoms with Crippen LogP contribution in [0.4, 0.5) is 19.4 Å². The van der Waals surface area contributed by atoms with Crippen LogP contribution in [0.15, 0.2) is 0 Å². The van der Waals surface area contributed by atoms with Gasteiger partial charge in [0.25, 0.3) is 0 Å². The number of rotatable bonds is 3. The highest BCUT2D eigenvalue weighted by Crippen LogP contribution is 2.45. The van der Waals surface area contributed by atoms with E-state index in [0.717, 1.165) is 32.2 Å². The number of fused-ring (bicyclic) bond motifs is 6. The van der Waals surface area contributed by atoms with Crippen molar-refractivity contribution in [2.45, 2.75) is 88.3 Å². The highest BCUT2D eigenvalue weighted by molar-refractivity contribution is 6.30. The van der Waals surface area contributed by atoms with Crippen molar-refractivity contribution in [2.24, 2.45) is 0 Å². The van der Waals surface area contributed by atoms with E-state index in [1.54, 1.807) is 0 Å². The van der Waals surface area contributed by atoms with Gasteiger partial charge in [-0.05, 0) is 53.0 Å². The lowest BCUT2D eigenvalue weighted by Gasteiger charge is -2.46. The Balaban J connectivity index is 1.26. The van der Waals surface area contributed by atoms with Gasteiger partial charge >= 0.3 is 12.1 Å². The van der Waals surface area contributed by atoms with E-state index in [-0.39, 0.29) is 60.0 Å². The Hall–Kier alpha value is -2.73. The normalized spacial score (nSPS) is 31.1. The summed E-state index contributed by atoms with van der Waals surface area (Å²) in [6.45, 7) is 7.64. The van der Waals surface area contributed by atoms with Gasteiger partial charge < -0.3 is 19.1 Å². The number of nitrogens with zero attached hydrogens (tertiary/aromatic N) is 6. The first-order chi connectivity index (χ1) is 19.0. The molecule has 0 radical (unpaired) electrons. The Morgan fingerprint density at radius 3 is 2.83 bits per heavy atom. The molecule has 2 bridgehead atoms. The first-order valence-electron chi connectivity index (χ1n) is 14.0. The molecule has 0 unspecified atom stereocenters. The number of piperazine rings is 1. The van der Waals surface area contributed by atoms with Crippen molar-refractivity contribution in [3.05, 3.63) is 11.0 Å². The van der Waals surface area contributed by atoms with Crippen molar-refractivity contribution in [3.8, 4) is 11.9 Å². The summed E-state index contributed by atoms with van der Waals surface area (Å²) >= 11 is 6.17. The van der Waals surface area contributed by atoms with Crippen molar-refractivity contribution < 1.29 is 27.8 Å². The Morgan fingerprint density at radius 1 is 1.20 bits per heavy atom. The molecule has 7 heterocycles. The summed E-state index contributed by atoms with van der Waals surface area (Å²) in [6.07, 6.45) is 2.52. The largest absolute Gasteiger partial charge is 0.475 e. The quantitative estimate of drug-likeness (QED) is 0.499. The van der Waals surface area contributed by atoms with Gasteiger partial charge in [0.05, 0.1) is 23.7 Å². The molecular formula is C27H33ClF2N6O4. The third-order valence-electron chi connectivity index (χ3n) is 8.97. The summed E-state index contributed by atoms with van der Waals surface area (Å²) < 4.78 is 47.7. The molecule has 5 atom stereocenters. The molecule has 0 spiro atoms. The minimum Gasteiger partial charge on any atom is -0.475 e. The predicted molar refractivity (Wildman–Crippen MR) is 142 cm³/mol. The molecule has 40 heavy (non-hydrogen) atoms. The lowest BCUT2D eigenvalue weighted by Crippen LogP contribution is -2.63. The monoisotopic (exact) mass is 578 g/mol. The standard InChI is InChI=1S/C27H33ClF2N6O4/c1-26(2,3)40-25(37)36-15-5-6-16(36)17-12-38-23-18-20(19(30)21(28)32-23)31-24(33-22(18)35(17)11-15)39-13-27-7-4-8-34(27)10-14(29)9-27/h14-17H,4-13H2,1-3H3/t14-,15+,16-,17+,27+/m1/s1. The maximum atomic E-state index is 15.4. The van der Waals surface area contributed by atoms with Crippen LogP contribution in [0, 0.1) is 5.82 Å². The van der Waals surface area contributed by atoms with Crippen LogP contribution in [-0.2, 0) is 4.74 Å². The Bertz CT molecular complexity index is 1380.